The van der Waals surface area contributed by atoms with Gasteiger partial charge in [0.2, 0.25) is 0 Å². The molecule has 2 heteroatoms. The van der Waals surface area contributed by atoms with E-state index in [0.29, 0.717) is 0 Å². The predicted octanol–water partition coefficient (Wildman–Crippen LogP) is 4.04. The fourth-order valence-corrected chi connectivity index (χ4v) is 1.97. The maximum Gasteiger partial charge on any atom is 0.0668 e. The van der Waals surface area contributed by atoms with Crippen molar-refractivity contribution in [3.63, 3.8) is 0 Å². The molecule has 1 heterocycles. The van der Waals surface area contributed by atoms with E-state index >= 15 is 0 Å². The third kappa shape index (κ3) is 2.63. The zero-order valence-corrected chi connectivity index (χ0v) is 10.5. The van der Waals surface area contributed by atoms with E-state index in [-0.39, 0.29) is 0 Å². The van der Waals surface area contributed by atoms with Crippen molar-refractivity contribution in [3.05, 3.63) is 84.2 Å². The van der Waals surface area contributed by atoms with Gasteiger partial charge in [0.25, 0.3) is 0 Å². The second kappa shape index (κ2) is 5.36. The minimum atomic E-state index is 1.06. The third-order valence-corrected chi connectivity index (χ3v) is 2.92. The van der Waals surface area contributed by atoms with Crippen molar-refractivity contribution >= 4 is 12.2 Å². The average molecular weight is 246 g/mol. The Bertz CT molecular complexity index is 667. The predicted molar refractivity (Wildman–Crippen MR) is 78.9 cm³/mol. The van der Waals surface area contributed by atoms with Gasteiger partial charge in [0.05, 0.1) is 17.6 Å². The molecule has 0 bridgehead atoms. The van der Waals surface area contributed by atoms with E-state index in [9.17, 15) is 0 Å². The van der Waals surface area contributed by atoms with Crippen LogP contribution in [0.25, 0.3) is 17.8 Å². The summed E-state index contributed by atoms with van der Waals surface area (Å²) in [4.78, 5) is 0. The van der Waals surface area contributed by atoms with E-state index in [4.69, 9.17) is 0 Å². The molecule has 0 spiro atoms. The number of hydrogen-bond donors (Lipinski definition) is 0. The zero-order chi connectivity index (χ0) is 12.9. The summed E-state index contributed by atoms with van der Waals surface area (Å²) in [6, 6.07) is 22.4. The van der Waals surface area contributed by atoms with E-state index in [1.807, 2.05) is 65.5 Å². The van der Waals surface area contributed by atoms with Crippen LogP contribution in [0.15, 0.2) is 72.9 Å². The van der Waals surface area contributed by atoms with E-state index in [0.717, 1.165) is 11.4 Å². The lowest BCUT2D eigenvalue weighted by molar-refractivity contribution is 0.871. The highest BCUT2D eigenvalue weighted by molar-refractivity contribution is 5.68. The first-order chi connectivity index (χ1) is 9.43. The van der Waals surface area contributed by atoms with Crippen molar-refractivity contribution in [2.45, 2.75) is 0 Å². The largest absolute Gasteiger partial charge is 0.234 e. The Hall–Kier alpha value is -2.61. The highest BCUT2D eigenvalue weighted by Gasteiger charge is 2.00. The minimum Gasteiger partial charge on any atom is -0.234 e. The molecule has 2 aromatic carbocycles. The number of rotatable bonds is 3. The standard InChI is InChI=1S/C17H14N2/c1-3-7-15(8-4-1)11-12-17-13-14-18-19(17)16-9-5-2-6-10-16/h1-14H/b12-11+. The summed E-state index contributed by atoms with van der Waals surface area (Å²) in [7, 11) is 0. The van der Waals surface area contributed by atoms with Crippen LogP contribution in [0.5, 0.6) is 0 Å². The van der Waals surface area contributed by atoms with Crippen LogP contribution in [-0.4, -0.2) is 9.78 Å². The SMILES string of the molecule is C(=C\c1ccnn1-c1ccccc1)/c1ccccc1. The Morgan fingerprint density at radius 3 is 2.16 bits per heavy atom. The Labute approximate surface area is 112 Å². The Kier molecular flexibility index (Phi) is 3.24. The van der Waals surface area contributed by atoms with Gasteiger partial charge in [-0.15, -0.1) is 0 Å². The number of benzene rings is 2. The summed E-state index contributed by atoms with van der Waals surface area (Å²) >= 11 is 0. The lowest BCUT2D eigenvalue weighted by Crippen LogP contribution is -1.97. The first-order valence-electron chi connectivity index (χ1n) is 6.26. The second-order valence-electron chi connectivity index (χ2n) is 4.25. The van der Waals surface area contributed by atoms with Crippen molar-refractivity contribution in [1.82, 2.24) is 9.78 Å². The van der Waals surface area contributed by atoms with Crippen LogP contribution in [-0.2, 0) is 0 Å². The normalized spacial score (nSPS) is 10.9. The molecule has 0 amide bonds. The summed E-state index contributed by atoms with van der Waals surface area (Å²) in [5.74, 6) is 0. The molecule has 0 saturated carbocycles. The first-order valence-corrected chi connectivity index (χ1v) is 6.26. The smallest absolute Gasteiger partial charge is 0.0668 e. The van der Waals surface area contributed by atoms with Gasteiger partial charge in [-0.25, -0.2) is 4.68 Å². The fourth-order valence-electron chi connectivity index (χ4n) is 1.97. The van der Waals surface area contributed by atoms with E-state index in [1.54, 1.807) is 0 Å². The molecule has 3 rings (SSSR count). The van der Waals surface area contributed by atoms with Crippen LogP contribution >= 0.6 is 0 Å². The third-order valence-electron chi connectivity index (χ3n) is 2.92. The number of nitrogens with zero attached hydrogens (tertiary/aromatic N) is 2. The monoisotopic (exact) mass is 246 g/mol. The van der Waals surface area contributed by atoms with Crippen LogP contribution < -0.4 is 0 Å². The molecule has 0 fully saturated rings. The maximum absolute atomic E-state index is 4.36. The molecule has 0 atom stereocenters. The Balaban J connectivity index is 1.91. The molecule has 2 nitrogen and oxygen atoms in total. The van der Waals surface area contributed by atoms with Crippen molar-refractivity contribution in [2.75, 3.05) is 0 Å². The maximum atomic E-state index is 4.36. The highest BCUT2D eigenvalue weighted by atomic mass is 15.3. The summed E-state index contributed by atoms with van der Waals surface area (Å²) in [6.07, 6.45) is 5.99. The minimum absolute atomic E-state index is 1.06. The molecule has 0 aliphatic rings. The molecule has 92 valence electrons. The van der Waals surface area contributed by atoms with Crippen molar-refractivity contribution in [1.29, 1.82) is 0 Å². The van der Waals surface area contributed by atoms with Crippen LogP contribution in [0.4, 0.5) is 0 Å². The average Bonchev–Trinajstić information content (AvgIpc) is 2.95. The van der Waals surface area contributed by atoms with Crippen LogP contribution in [0.1, 0.15) is 11.3 Å². The first kappa shape index (κ1) is 11.5. The summed E-state index contributed by atoms with van der Waals surface area (Å²) < 4.78 is 1.93. The number of para-hydroxylation sites is 1. The summed E-state index contributed by atoms with van der Waals surface area (Å²) in [5.41, 5.74) is 3.32. The lowest BCUT2D eigenvalue weighted by atomic mass is 10.2. The molecule has 0 aliphatic heterocycles. The van der Waals surface area contributed by atoms with Crippen molar-refractivity contribution in [3.8, 4) is 5.69 Å². The molecule has 1 aromatic heterocycles. The van der Waals surface area contributed by atoms with Gasteiger partial charge in [-0.3, -0.25) is 0 Å². The zero-order valence-electron chi connectivity index (χ0n) is 10.5. The van der Waals surface area contributed by atoms with Gasteiger partial charge in [0, 0.05) is 0 Å². The molecule has 0 unspecified atom stereocenters. The van der Waals surface area contributed by atoms with Gasteiger partial charge in [0.1, 0.15) is 0 Å². The molecule has 19 heavy (non-hydrogen) atoms. The molecule has 0 N–H and O–H groups in total. The second-order valence-corrected chi connectivity index (χ2v) is 4.25. The number of aromatic nitrogens is 2. The molecule has 0 saturated heterocycles. The van der Waals surface area contributed by atoms with Gasteiger partial charge in [-0.1, -0.05) is 54.6 Å². The summed E-state index contributed by atoms with van der Waals surface area (Å²) in [5, 5.41) is 4.36. The lowest BCUT2D eigenvalue weighted by Gasteiger charge is -2.03. The van der Waals surface area contributed by atoms with Crippen molar-refractivity contribution < 1.29 is 0 Å². The van der Waals surface area contributed by atoms with E-state index < -0.39 is 0 Å². The highest BCUT2D eigenvalue weighted by Crippen LogP contribution is 2.13. The number of hydrogen-bond acceptors (Lipinski definition) is 1. The molecular formula is C17H14N2. The van der Waals surface area contributed by atoms with Crippen LogP contribution in [0.2, 0.25) is 0 Å². The molecule has 0 radical (unpaired) electrons. The van der Waals surface area contributed by atoms with Gasteiger partial charge < -0.3 is 0 Å². The Morgan fingerprint density at radius 1 is 0.737 bits per heavy atom. The van der Waals surface area contributed by atoms with Crippen molar-refractivity contribution in [2.24, 2.45) is 0 Å². The van der Waals surface area contributed by atoms with Gasteiger partial charge in [-0.05, 0) is 29.8 Å². The van der Waals surface area contributed by atoms with Gasteiger partial charge >= 0.3 is 0 Å². The molecule has 3 aromatic rings. The quantitative estimate of drug-likeness (QED) is 0.682. The Morgan fingerprint density at radius 2 is 1.42 bits per heavy atom. The van der Waals surface area contributed by atoms with E-state index in [1.165, 1.54) is 5.56 Å². The van der Waals surface area contributed by atoms with Crippen LogP contribution in [0, 0.1) is 0 Å². The molecular weight excluding hydrogens is 232 g/mol. The van der Waals surface area contributed by atoms with Gasteiger partial charge in [0.15, 0.2) is 0 Å². The van der Waals surface area contributed by atoms with E-state index in [2.05, 4.69) is 29.4 Å². The topological polar surface area (TPSA) is 17.8 Å². The molecule has 0 aliphatic carbocycles. The van der Waals surface area contributed by atoms with Crippen LogP contribution in [0.3, 0.4) is 0 Å². The summed E-state index contributed by atoms with van der Waals surface area (Å²) in [6.45, 7) is 0. The van der Waals surface area contributed by atoms with Gasteiger partial charge in [-0.2, -0.15) is 5.10 Å². The fraction of sp³-hybridized carbons (Fsp3) is 0.